The van der Waals surface area contributed by atoms with E-state index in [1.807, 2.05) is 23.1 Å². The van der Waals surface area contributed by atoms with Crippen molar-refractivity contribution in [1.29, 1.82) is 0 Å². The Morgan fingerprint density at radius 1 is 1.32 bits per heavy atom. The van der Waals surface area contributed by atoms with Crippen molar-refractivity contribution in [3.8, 4) is 0 Å². The number of carbonyl (C=O) groups is 1. The van der Waals surface area contributed by atoms with Crippen molar-refractivity contribution in [2.45, 2.75) is 20.3 Å². The number of fused-ring (bicyclic) bond motifs is 1. The molecule has 0 N–H and O–H groups in total. The van der Waals surface area contributed by atoms with Gasteiger partial charge in [0.25, 0.3) is 0 Å². The molecule has 0 bridgehead atoms. The maximum atomic E-state index is 12.1. The number of halogens is 1. The molecule has 0 atom stereocenters. The van der Waals surface area contributed by atoms with Crippen LogP contribution in [0, 0.1) is 5.92 Å². The van der Waals surface area contributed by atoms with E-state index in [1.54, 1.807) is 11.3 Å². The molecule has 1 aromatic carbocycles. The molecule has 1 aromatic heterocycles. The molecule has 4 nitrogen and oxygen atoms in total. The Morgan fingerprint density at radius 3 is 2.73 bits per heavy atom. The molecule has 22 heavy (non-hydrogen) atoms. The number of nitrogens with zero attached hydrogens (tertiary/aromatic N) is 3. The lowest BCUT2D eigenvalue weighted by atomic mass is 10.1. The lowest BCUT2D eigenvalue weighted by Gasteiger charge is -2.34. The summed E-state index contributed by atoms with van der Waals surface area (Å²) in [5.74, 6) is 0.685. The summed E-state index contributed by atoms with van der Waals surface area (Å²) in [5, 5.41) is 1.76. The fraction of sp³-hybridized carbons (Fsp3) is 0.500. The van der Waals surface area contributed by atoms with Crippen LogP contribution in [0.25, 0.3) is 10.2 Å². The average molecular weight is 338 g/mol. The van der Waals surface area contributed by atoms with Crippen LogP contribution in [0.3, 0.4) is 0 Å². The number of amides is 1. The van der Waals surface area contributed by atoms with Crippen molar-refractivity contribution in [2.24, 2.45) is 5.92 Å². The van der Waals surface area contributed by atoms with Crippen molar-refractivity contribution in [1.82, 2.24) is 9.88 Å². The number of thiazole rings is 1. The third-order valence-electron chi connectivity index (χ3n) is 3.82. The predicted molar refractivity (Wildman–Crippen MR) is 92.9 cm³/mol. The number of hydrogen-bond acceptors (Lipinski definition) is 4. The molecule has 1 amide bonds. The second kappa shape index (κ2) is 6.42. The van der Waals surface area contributed by atoms with Gasteiger partial charge in [-0.05, 0) is 24.1 Å². The number of aromatic nitrogens is 1. The van der Waals surface area contributed by atoms with Gasteiger partial charge < -0.3 is 9.80 Å². The van der Waals surface area contributed by atoms with Crippen LogP contribution in [-0.2, 0) is 4.79 Å². The van der Waals surface area contributed by atoms with E-state index in [4.69, 9.17) is 11.6 Å². The van der Waals surface area contributed by atoms with Crippen LogP contribution >= 0.6 is 22.9 Å². The number of benzene rings is 1. The second-order valence-electron chi connectivity index (χ2n) is 6.07. The first-order chi connectivity index (χ1) is 10.5. The normalized spacial score (nSPS) is 15.8. The predicted octanol–water partition coefficient (Wildman–Crippen LogP) is 3.64. The maximum Gasteiger partial charge on any atom is 0.222 e. The third kappa shape index (κ3) is 3.36. The SMILES string of the molecule is CC(C)CC(=O)N1CCN(c2nc3ccc(Cl)cc3s2)CC1. The minimum absolute atomic E-state index is 0.269. The van der Waals surface area contributed by atoms with Gasteiger partial charge in [0.2, 0.25) is 5.91 Å². The van der Waals surface area contributed by atoms with Gasteiger partial charge in [-0.15, -0.1) is 0 Å². The summed E-state index contributed by atoms with van der Waals surface area (Å²) in [6.45, 7) is 7.42. The molecule has 2 aromatic rings. The van der Waals surface area contributed by atoms with Gasteiger partial charge in [-0.1, -0.05) is 36.8 Å². The van der Waals surface area contributed by atoms with Crippen LogP contribution < -0.4 is 4.90 Å². The van der Waals surface area contributed by atoms with Gasteiger partial charge in [-0.3, -0.25) is 4.79 Å². The van der Waals surface area contributed by atoms with E-state index in [0.717, 1.165) is 46.5 Å². The van der Waals surface area contributed by atoms with Crippen LogP contribution in [0.2, 0.25) is 5.02 Å². The van der Waals surface area contributed by atoms with E-state index in [-0.39, 0.29) is 5.91 Å². The molecule has 0 saturated carbocycles. The summed E-state index contributed by atoms with van der Waals surface area (Å²) in [6, 6.07) is 5.79. The summed E-state index contributed by atoms with van der Waals surface area (Å²) in [7, 11) is 0. The Bertz CT molecular complexity index is 677. The Morgan fingerprint density at radius 2 is 2.05 bits per heavy atom. The summed E-state index contributed by atoms with van der Waals surface area (Å²) < 4.78 is 1.11. The highest BCUT2D eigenvalue weighted by molar-refractivity contribution is 7.22. The number of piperazine rings is 1. The Kier molecular flexibility index (Phi) is 4.54. The zero-order valence-corrected chi connectivity index (χ0v) is 14.5. The fourth-order valence-electron chi connectivity index (χ4n) is 2.65. The van der Waals surface area contributed by atoms with Gasteiger partial charge >= 0.3 is 0 Å². The van der Waals surface area contributed by atoms with Crippen LogP contribution in [0.1, 0.15) is 20.3 Å². The Hall–Kier alpha value is -1.33. The zero-order chi connectivity index (χ0) is 15.7. The molecule has 0 unspecified atom stereocenters. The lowest BCUT2D eigenvalue weighted by molar-refractivity contribution is -0.132. The van der Waals surface area contributed by atoms with Gasteiger partial charge in [-0.2, -0.15) is 0 Å². The van der Waals surface area contributed by atoms with Crippen molar-refractivity contribution >= 4 is 44.2 Å². The molecule has 1 fully saturated rings. The molecule has 2 heterocycles. The summed E-state index contributed by atoms with van der Waals surface area (Å²) >= 11 is 7.70. The monoisotopic (exact) mass is 337 g/mol. The maximum absolute atomic E-state index is 12.1. The van der Waals surface area contributed by atoms with E-state index in [0.29, 0.717) is 12.3 Å². The second-order valence-corrected chi connectivity index (χ2v) is 7.52. The first kappa shape index (κ1) is 15.6. The minimum atomic E-state index is 0.269. The molecule has 1 aliphatic rings. The van der Waals surface area contributed by atoms with E-state index < -0.39 is 0 Å². The lowest BCUT2D eigenvalue weighted by Crippen LogP contribution is -2.49. The number of anilines is 1. The van der Waals surface area contributed by atoms with Gasteiger partial charge in [0.1, 0.15) is 0 Å². The summed E-state index contributed by atoms with van der Waals surface area (Å²) in [5.41, 5.74) is 0.989. The largest absolute Gasteiger partial charge is 0.345 e. The topological polar surface area (TPSA) is 36.4 Å². The molecule has 118 valence electrons. The van der Waals surface area contributed by atoms with Crippen LogP contribution in [-0.4, -0.2) is 42.0 Å². The number of rotatable bonds is 3. The molecule has 0 spiro atoms. The third-order valence-corrected chi connectivity index (χ3v) is 5.14. The van der Waals surface area contributed by atoms with Crippen LogP contribution in [0.4, 0.5) is 5.13 Å². The molecular weight excluding hydrogens is 318 g/mol. The van der Waals surface area contributed by atoms with Crippen LogP contribution in [0.5, 0.6) is 0 Å². The molecular formula is C16H20ClN3OS. The van der Waals surface area contributed by atoms with E-state index in [1.165, 1.54) is 0 Å². The van der Waals surface area contributed by atoms with E-state index >= 15 is 0 Å². The smallest absolute Gasteiger partial charge is 0.222 e. The first-order valence-electron chi connectivity index (χ1n) is 7.62. The highest BCUT2D eigenvalue weighted by atomic mass is 35.5. The van der Waals surface area contributed by atoms with E-state index in [9.17, 15) is 4.79 Å². The van der Waals surface area contributed by atoms with E-state index in [2.05, 4.69) is 23.7 Å². The highest BCUT2D eigenvalue weighted by Gasteiger charge is 2.23. The van der Waals surface area contributed by atoms with Crippen molar-refractivity contribution in [3.63, 3.8) is 0 Å². The summed E-state index contributed by atoms with van der Waals surface area (Å²) in [4.78, 5) is 21.0. The zero-order valence-electron chi connectivity index (χ0n) is 12.9. The first-order valence-corrected chi connectivity index (χ1v) is 8.81. The Balaban J connectivity index is 1.66. The molecule has 0 aliphatic carbocycles. The number of carbonyl (C=O) groups excluding carboxylic acids is 1. The van der Waals surface area contributed by atoms with Crippen molar-refractivity contribution in [2.75, 3.05) is 31.1 Å². The Labute approximate surface area is 139 Å². The van der Waals surface area contributed by atoms with Crippen LogP contribution in [0.15, 0.2) is 18.2 Å². The van der Waals surface area contributed by atoms with Crippen molar-refractivity contribution < 1.29 is 4.79 Å². The standard InChI is InChI=1S/C16H20ClN3OS/c1-11(2)9-15(21)19-5-7-20(8-6-19)16-18-13-4-3-12(17)10-14(13)22-16/h3-4,10-11H,5-9H2,1-2H3. The van der Waals surface area contributed by atoms with Gasteiger partial charge in [0, 0.05) is 37.6 Å². The molecule has 1 saturated heterocycles. The fourth-order valence-corrected chi connectivity index (χ4v) is 3.94. The average Bonchev–Trinajstić information content (AvgIpc) is 2.89. The molecule has 6 heteroatoms. The summed E-state index contributed by atoms with van der Waals surface area (Å²) in [6.07, 6.45) is 0.639. The number of hydrogen-bond donors (Lipinski definition) is 0. The quantitative estimate of drug-likeness (QED) is 0.857. The molecule has 0 radical (unpaired) electrons. The minimum Gasteiger partial charge on any atom is -0.345 e. The molecule has 3 rings (SSSR count). The van der Waals surface area contributed by atoms with Gasteiger partial charge in [0.15, 0.2) is 5.13 Å². The highest BCUT2D eigenvalue weighted by Crippen LogP contribution is 2.31. The van der Waals surface area contributed by atoms with Crippen molar-refractivity contribution in [3.05, 3.63) is 23.2 Å². The van der Waals surface area contributed by atoms with Gasteiger partial charge in [-0.25, -0.2) is 4.98 Å². The van der Waals surface area contributed by atoms with Gasteiger partial charge in [0.05, 0.1) is 10.2 Å². The molecule has 1 aliphatic heterocycles.